The first-order chi connectivity index (χ1) is 14.2. The summed E-state index contributed by atoms with van der Waals surface area (Å²) in [5.74, 6) is -2.15. The Bertz CT molecular complexity index is 874. The van der Waals surface area contributed by atoms with Gasteiger partial charge in [-0.3, -0.25) is 0 Å². The summed E-state index contributed by atoms with van der Waals surface area (Å²) >= 11 is 1.83. The molecule has 30 heavy (non-hydrogen) atoms. The zero-order valence-electron chi connectivity index (χ0n) is 17.7. The first-order valence-corrected chi connectivity index (χ1v) is 10.4. The van der Waals surface area contributed by atoms with Crippen molar-refractivity contribution >= 4 is 35.1 Å². The van der Waals surface area contributed by atoms with Crippen molar-refractivity contribution in [2.45, 2.75) is 23.6 Å². The molecule has 0 spiro atoms. The van der Waals surface area contributed by atoms with Crippen LogP contribution in [0.5, 0.6) is 5.75 Å². The van der Waals surface area contributed by atoms with E-state index in [0.29, 0.717) is 5.92 Å². The van der Waals surface area contributed by atoms with Gasteiger partial charge in [0.1, 0.15) is 5.75 Å². The van der Waals surface area contributed by atoms with E-state index >= 15 is 0 Å². The highest BCUT2D eigenvalue weighted by atomic mass is 32.2. The van der Waals surface area contributed by atoms with E-state index in [0.717, 1.165) is 25.4 Å². The van der Waals surface area contributed by atoms with Crippen LogP contribution in [0.1, 0.15) is 13.8 Å². The van der Waals surface area contributed by atoms with Crippen molar-refractivity contribution in [3.05, 3.63) is 42.5 Å². The van der Waals surface area contributed by atoms with Gasteiger partial charge in [0.25, 0.3) is 0 Å². The largest absolute Gasteiger partial charge is 0.493 e. The number of likely N-dealkylation sites (N-methyl/N-ethyl adjacent to an activating group) is 1. The van der Waals surface area contributed by atoms with Crippen LogP contribution in [0.3, 0.4) is 0 Å². The molecule has 8 heteroatoms. The molecular weight excluding hydrogens is 404 g/mol. The highest BCUT2D eigenvalue weighted by molar-refractivity contribution is 7.99. The number of anilines is 2. The number of hydrogen-bond acceptors (Lipinski definition) is 6. The third-order valence-corrected chi connectivity index (χ3v) is 5.25. The number of hydrogen-bond donors (Lipinski definition) is 2. The summed E-state index contributed by atoms with van der Waals surface area (Å²) in [4.78, 5) is 25.4. The van der Waals surface area contributed by atoms with Gasteiger partial charge in [-0.15, -0.1) is 0 Å². The van der Waals surface area contributed by atoms with Crippen LogP contribution >= 0.6 is 11.8 Å². The van der Waals surface area contributed by atoms with E-state index in [9.17, 15) is 0 Å². The molecule has 0 aliphatic carbocycles. The second-order valence-electron chi connectivity index (χ2n) is 7.47. The maximum atomic E-state index is 9.10. The van der Waals surface area contributed by atoms with Gasteiger partial charge < -0.3 is 24.7 Å². The molecule has 0 bridgehead atoms. The Balaban J connectivity index is 0.000000469. The molecule has 1 heterocycles. The fourth-order valence-electron chi connectivity index (χ4n) is 2.71. The third kappa shape index (κ3) is 6.67. The van der Waals surface area contributed by atoms with Crippen LogP contribution in [0, 0.1) is 5.92 Å². The number of aliphatic carboxylic acids is 2. The van der Waals surface area contributed by atoms with E-state index < -0.39 is 11.9 Å². The molecule has 0 saturated heterocycles. The van der Waals surface area contributed by atoms with E-state index in [4.69, 9.17) is 24.5 Å². The molecule has 3 rings (SSSR count). The van der Waals surface area contributed by atoms with Crippen molar-refractivity contribution in [3.8, 4) is 5.75 Å². The molecular formula is C22H28N2O5S. The standard InChI is InChI=1S/C20H26N2OS.C2H2O4/c1-15(2)14-23-16-9-10-18-20(13-16)24-19-8-6-5-7-17(19)22(18)12-11-21(3)4;3-1(4)2(5)6/h5-10,13,15H,11-12,14H2,1-4H3;(H,3,4)(H,5,6). The Kier molecular flexibility index (Phi) is 8.56. The summed E-state index contributed by atoms with van der Waals surface area (Å²) < 4.78 is 5.91. The predicted octanol–water partition coefficient (Wildman–Crippen LogP) is 4.04. The van der Waals surface area contributed by atoms with Gasteiger partial charge in [-0.25, -0.2) is 9.59 Å². The Hall–Kier alpha value is -2.71. The summed E-state index contributed by atoms with van der Waals surface area (Å²) in [6.45, 7) is 7.09. The van der Waals surface area contributed by atoms with Crippen LogP contribution in [0.4, 0.5) is 11.4 Å². The van der Waals surface area contributed by atoms with Crippen LogP contribution in [0.2, 0.25) is 0 Å². The van der Waals surface area contributed by atoms with Gasteiger partial charge in [0.15, 0.2) is 0 Å². The van der Waals surface area contributed by atoms with E-state index in [-0.39, 0.29) is 0 Å². The minimum Gasteiger partial charge on any atom is -0.493 e. The number of benzene rings is 2. The normalized spacial score (nSPS) is 12.0. The molecule has 2 aromatic rings. The van der Waals surface area contributed by atoms with Gasteiger partial charge in [-0.05, 0) is 50.3 Å². The van der Waals surface area contributed by atoms with Crippen molar-refractivity contribution < 1.29 is 24.5 Å². The molecule has 7 nitrogen and oxygen atoms in total. The van der Waals surface area contributed by atoms with Crippen molar-refractivity contribution in [1.82, 2.24) is 4.90 Å². The molecule has 0 radical (unpaired) electrons. The fourth-order valence-corrected chi connectivity index (χ4v) is 3.83. The molecule has 0 fully saturated rings. The number of carboxylic acid groups (broad SMARTS) is 2. The lowest BCUT2D eigenvalue weighted by Gasteiger charge is -2.33. The first-order valence-electron chi connectivity index (χ1n) is 9.61. The van der Waals surface area contributed by atoms with Gasteiger partial charge in [0.05, 0.1) is 18.0 Å². The lowest BCUT2D eigenvalue weighted by Crippen LogP contribution is -2.29. The van der Waals surface area contributed by atoms with Gasteiger partial charge >= 0.3 is 11.9 Å². The first kappa shape index (κ1) is 23.6. The number of fused-ring (bicyclic) bond motifs is 2. The Morgan fingerprint density at radius 3 is 2.27 bits per heavy atom. The molecule has 0 unspecified atom stereocenters. The Labute approximate surface area is 181 Å². The molecule has 0 amide bonds. The number of ether oxygens (including phenoxy) is 1. The van der Waals surface area contributed by atoms with Crippen molar-refractivity contribution in [2.24, 2.45) is 5.92 Å². The summed E-state index contributed by atoms with van der Waals surface area (Å²) in [6.07, 6.45) is 0. The molecule has 2 N–H and O–H groups in total. The summed E-state index contributed by atoms with van der Waals surface area (Å²) in [7, 11) is 4.24. The third-order valence-electron chi connectivity index (χ3n) is 4.14. The van der Waals surface area contributed by atoms with Gasteiger partial charge in [-0.2, -0.15) is 0 Å². The Morgan fingerprint density at radius 2 is 1.67 bits per heavy atom. The SMILES string of the molecule is CC(C)COc1ccc2c(c1)Sc1ccccc1N2CCN(C)C.O=C(O)C(=O)O. The van der Waals surface area contributed by atoms with Crippen LogP contribution < -0.4 is 9.64 Å². The van der Waals surface area contributed by atoms with Gasteiger partial charge in [0.2, 0.25) is 0 Å². The average molecular weight is 433 g/mol. The lowest BCUT2D eigenvalue weighted by atomic mass is 10.2. The monoisotopic (exact) mass is 432 g/mol. The minimum absolute atomic E-state index is 0.533. The van der Waals surface area contributed by atoms with E-state index in [1.165, 1.54) is 21.2 Å². The Morgan fingerprint density at radius 1 is 1.03 bits per heavy atom. The predicted molar refractivity (Wildman–Crippen MR) is 118 cm³/mol. The number of para-hydroxylation sites is 1. The highest BCUT2D eigenvalue weighted by Crippen LogP contribution is 2.48. The minimum atomic E-state index is -1.82. The number of rotatable bonds is 6. The van der Waals surface area contributed by atoms with Gasteiger partial charge in [-0.1, -0.05) is 37.7 Å². The zero-order valence-corrected chi connectivity index (χ0v) is 18.5. The van der Waals surface area contributed by atoms with E-state index in [1.54, 1.807) is 0 Å². The van der Waals surface area contributed by atoms with Crippen LogP contribution in [-0.2, 0) is 9.59 Å². The number of carboxylic acids is 2. The van der Waals surface area contributed by atoms with Crippen LogP contribution in [0.15, 0.2) is 52.3 Å². The fraction of sp³-hybridized carbons (Fsp3) is 0.364. The highest BCUT2D eigenvalue weighted by Gasteiger charge is 2.23. The van der Waals surface area contributed by atoms with Crippen LogP contribution in [0.25, 0.3) is 0 Å². The molecule has 0 saturated carbocycles. The molecule has 0 atom stereocenters. The second-order valence-corrected chi connectivity index (χ2v) is 8.55. The summed E-state index contributed by atoms with van der Waals surface area (Å²) in [6, 6.07) is 15.1. The maximum Gasteiger partial charge on any atom is 0.414 e. The molecule has 1 aliphatic heterocycles. The van der Waals surface area contributed by atoms with Crippen molar-refractivity contribution in [2.75, 3.05) is 38.7 Å². The quantitative estimate of drug-likeness (QED) is 0.661. The molecule has 0 aromatic heterocycles. The number of carbonyl (C=O) groups is 2. The van der Waals surface area contributed by atoms with Crippen molar-refractivity contribution in [3.63, 3.8) is 0 Å². The second kappa shape index (κ2) is 10.9. The maximum absolute atomic E-state index is 9.10. The lowest BCUT2D eigenvalue weighted by molar-refractivity contribution is -0.159. The summed E-state index contributed by atoms with van der Waals surface area (Å²) in [5.41, 5.74) is 2.57. The molecule has 162 valence electrons. The smallest absolute Gasteiger partial charge is 0.414 e. The van der Waals surface area contributed by atoms with Gasteiger partial charge in [0, 0.05) is 22.9 Å². The van der Waals surface area contributed by atoms with E-state index in [1.807, 2.05) is 11.8 Å². The number of nitrogens with zero attached hydrogens (tertiary/aromatic N) is 2. The summed E-state index contributed by atoms with van der Waals surface area (Å²) in [5, 5.41) is 14.8. The van der Waals surface area contributed by atoms with E-state index in [2.05, 4.69) is 80.2 Å². The van der Waals surface area contributed by atoms with Crippen molar-refractivity contribution in [1.29, 1.82) is 0 Å². The topological polar surface area (TPSA) is 90.3 Å². The average Bonchev–Trinajstić information content (AvgIpc) is 2.69. The van der Waals surface area contributed by atoms with Crippen LogP contribution in [-0.4, -0.2) is 60.8 Å². The molecule has 1 aliphatic rings. The molecule has 2 aromatic carbocycles. The zero-order chi connectivity index (χ0) is 22.3.